The van der Waals surface area contributed by atoms with E-state index in [0.29, 0.717) is 5.15 Å². The zero-order chi connectivity index (χ0) is 14.9. The van der Waals surface area contributed by atoms with E-state index in [1.165, 1.54) is 17.5 Å². The summed E-state index contributed by atoms with van der Waals surface area (Å²) >= 11 is 7.82. The van der Waals surface area contributed by atoms with Gasteiger partial charge in [0.1, 0.15) is 16.3 Å². The molecule has 4 rings (SSSR count). The molecule has 2 aromatic carbocycles. The average Bonchev–Trinajstić information content (AvgIpc) is 3.01. The van der Waals surface area contributed by atoms with Gasteiger partial charge in [0.25, 0.3) is 0 Å². The standard InChI is InChI=1S/C18H11ClN2S/c19-17-16-15(10-22-18(16)21-11-20-17)14-8-6-13(7-9-14)12-4-2-1-3-5-12/h1-11H. The van der Waals surface area contributed by atoms with Gasteiger partial charge in [0.15, 0.2) is 0 Å². The Labute approximate surface area is 137 Å². The molecule has 106 valence electrons. The Morgan fingerprint density at radius 2 is 1.45 bits per heavy atom. The van der Waals surface area contributed by atoms with Crippen molar-refractivity contribution < 1.29 is 0 Å². The van der Waals surface area contributed by atoms with E-state index in [1.807, 2.05) is 18.2 Å². The number of nitrogens with zero attached hydrogens (tertiary/aromatic N) is 2. The third-order valence-electron chi connectivity index (χ3n) is 3.63. The molecule has 0 amide bonds. The largest absolute Gasteiger partial charge is 0.225 e. The fourth-order valence-corrected chi connectivity index (χ4v) is 3.73. The van der Waals surface area contributed by atoms with Crippen molar-refractivity contribution in [1.82, 2.24) is 9.97 Å². The van der Waals surface area contributed by atoms with Crippen LogP contribution in [0, 0.1) is 0 Å². The summed E-state index contributed by atoms with van der Waals surface area (Å²) in [4.78, 5) is 9.29. The van der Waals surface area contributed by atoms with E-state index < -0.39 is 0 Å². The van der Waals surface area contributed by atoms with Crippen molar-refractivity contribution in [2.24, 2.45) is 0 Å². The van der Waals surface area contributed by atoms with Crippen LogP contribution >= 0.6 is 22.9 Å². The van der Waals surface area contributed by atoms with Gasteiger partial charge >= 0.3 is 0 Å². The second kappa shape index (κ2) is 5.52. The quantitative estimate of drug-likeness (QED) is 0.444. The molecule has 0 saturated heterocycles. The summed E-state index contributed by atoms with van der Waals surface area (Å²) in [7, 11) is 0. The van der Waals surface area contributed by atoms with E-state index in [9.17, 15) is 0 Å². The zero-order valence-corrected chi connectivity index (χ0v) is 13.1. The predicted octanol–water partition coefficient (Wildman–Crippen LogP) is 5.68. The first kappa shape index (κ1) is 13.4. The molecule has 0 aliphatic rings. The lowest BCUT2D eigenvalue weighted by atomic mass is 10.0. The normalized spacial score (nSPS) is 11.0. The second-order valence-corrected chi connectivity index (χ2v) is 6.15. The molecule has 0 radical (unpaired) electrons. The molecule has 22 heavy (non-hydrogen) atoms. The highest BCUT2D eigenvalue weighted by molar-refractivity contribution is 7.17. The summed E-state index contributed by atoms with van der Waals surface area (Å²) < 4.78 is 0. The highest BCUT2D eigenvalue weighted by Gasteiger charge is 2.11. The van der Waals surface area contributed by atoms with Gasteiger partial charge in [-0.15, -0.1) is 11.3 Å². The number of halogens is 1. The van der Waals surface area contributed by atoms with E-state index in [0.717, 1.165) is 21.3 Å². The van der Waals surface area contributed by atoms with Crippen LogP contribution in [0.3, 0.4) is 0 Å². The van der Waals surface area contributed by atoms with Gasteiger partial charge < -0.3 is 0 Å². The molecular weight excluding hydrogens is 312 g/mol. The lowest BCUT2D eigenvalue weighted by molar-refractivity contribution is 1.23. The summed E-state index contributed by atoms with van der Waals surface area (Å²) in [5, 5.41) is 3.53. The first-order valence-corrected chi connectivity index (χ1v) is 8.12. The van der Waals surface area contributed by atoms with E-state index >= 15 is 0 Å². The van der Waals surface area contributed by atoms with Gasteiger partial charge in [-0.25, -0.2) is 9.97 Å². The number of rotatable bonds is 2. The molecule has 2 heterocycles. The smallest absolute Gasteiger partial charge is 0.141 e. The highest BCUT2D eigenvalue weighted by atomic mass is 35.5. The van der Waals surface area contributed by atoms with Gasteiger partial charge in [0.05, 0.1) is 5.39 Å². The molecule has 0 aliphatic carbocycles. The molecule has 2 nitrogen and oxygen atoms in total. The maximum atomic E-state index is 6.24. The second-order valence-electron chi connectivity index (χ2n) is 4.94. The molecule has 2 aromatic heterocycles. The number of thiophene rings is 1. The Morgan fingerprint density at radius 3 is 2.23 bits per heavy atom. The number of hydrogen-bond acceptors (Lipinski definition) is 3. The first-order chi connectivity index (χ1) is 10.8. The number of aromatic nitrogens is 2. The minimum atomic E-state index is 0.508. The third-order valence-corrected chi connectivity index (χ3v) is 4.80. The lowest BCUT2D eigenvalue weighted by Gasteiger charge is -2.04. The number of benzene rings is 2. The monoisotopic (exact) mass is 322 g/mol. The topological polar surface area (TPSA) is 25.8 Å². The Hall–Kier alpha value is -2.23. The fourth-order valence-electron chi connectivity index (χ4n) is 2.52. The van der Waals surface area contributed by atoms with Crippen molar-refractivity contribution >= 4 is 33.2 Å². The minimum absolute atomic E-state index is 0.508. The zero-order valence-electron chi connectivity index (χ0n) is 11.5. The predicted molar refractivity (Wildman–Crippen MR) is 93.3 cm³/mol. The molecule has 4 heteroatoms. The van der Waals surface area contributed by atoms with Crippen molar-refractivity contribution in [2.75, 3.05) is 0 Å². The van der Waals surface area contributed by atoms with Crippen molar-refractivity contribution in [3.8, 4) is 22.3 Å². The average molecular weight is 323 g/mol. The van der Waals surface area contributed by atoms with E-state index in [2.05, 4.69) is 51.7 Å². The maximum absolute atomic E-state index is 6.24. The molecule has 0 bridgehead atoms. The fraction of sp³-hybridized carbons (Fsp3) is 0. The number of fused-ring (bicyclic) bond motifs is 1. The van der Waals surface area contributed by atoms with E-state index in [4.69, 9.17) is 11.6 Å². The van der Waals surface area contributed by atoms with Crippen LogP contribution in [0.4, 0.5) is 0 Å². The number of hydrogen-bond donors (Lipinski definition) is 0. The van der Waals surface area contributed by atoms with Crippen LogP contribution < -0.4 is 0 Å². The minimum Gasteiger partial charge on any atom is -0.225 e. The molecule has 0 fully saturated rings. The molecule has 0 unspecified atom stereocenters. The van der Waals surface area contributed by atoms with Crippen LogP contribution in [-0.4, -0.2) is 9.97 Å². The van der Waals surface area contributed by atoms with Crippen molar-refractivity contribution in [3.05, 3.63) is 71.5 Å². The SMILES string of the molecule is Clc1ncnc2scc(-c3ccc(-c4ccccc4)cc3)c12. The maximum Gasteiger partial charge on any atom is 0.141 e. The van der Waals surface area contributed by atoms with Gasteiger partial charge in [-0.05, 0) is 16.7 Å². The van der Waals surface area contributed by atoms with Crippen molar-refractivity contribution in [3.63, 3.8) is 0 Å². The van der Waals surface area contributed by atoms with Crippen LogP contribution in [0.25, 0.3) is 32.5 Å². The molecule has 0 aliphatic heterocycles. The summed E-state index contributed by atoms with van der Waals surface area (Å²) in [6.45, 7) is 0. The Bertz CT molecular complexity index is 930. The van der Waals surface area contributed by atoms with Crippen molar-refractivity contribution in [1.29, 1.82) is 0 Å². The van der Waals surface area contributed by atoms with Crippen LogP contribution in [0.1, 0.15) is 0 Å². The summed E-state index contributed by atoms with van der Waals surface area (Å²) in [6, 6.07) is 18.8. The van der Waals surface area contributed by atoms with Crippen molar-refractivity contribution in [2.45, 2.75) is 0 Å². The Balaban J connectivity index is 1.80. The van der Waals surface area contributed by atoms with Gasteiger partial charge in [0, 0.05) is 10.9 Å². The molecule has 0 atom stereocenters. The first-order valence-electron chi connectivity index (χ1n) is 6.86. The summed E-state index contributed by atoms with van der Waals surface area (Å²) in [6.07, 6.45) is 1.50. The third kappa shape index (κ3) is 2.28. The Morgan fingerprint density at radius 1 is 0.773 bits per heavy atom. The summed E-state index contributed by atoms with van der Waals surface area (Å²) in [5.41, 5.74) is 4.63. The van der Waals surface area contributed by atoms with Gasteiger partial charge in [0.2, 0.25) is 0 Å². The molecule has 0 spiro atoms. The molecular formula is C18H11ClN2S. The highest BCUT2D eigenvalue weighted by Crippen LogP contribution is 2.36. The molecule has 0 saturated carbocycles. The Kier molecular flexibility index (Phi) is 3.37. The van der Waals surface area contributed by atoms with Crippen LogP contribution in [-0.2, 0) is 0 Å². The van der Waals surface area contributed by atoms with Crippen LogP contribution in [0.2, 0.25) is 5.15 Å². The lowest BCUT2D eigenvalue weighted by Crippen LogP contribution is -1.82. The van der Waals surface area contributed by atoms with Gasteiger partial charge in [-0.1, -0.05) is 66.2 Å². The van der Waals surface area contributed by atoms with Crippen LogP contribution in [0.15, 0.2) is 66.3 Å². The van der Waals surface area contributed by atoms with E-state index in [1.54, 1.807) is 11.3 Å². The van der Waals surface area contributed by atoms with Gasteiger partial charge in [-0.3, -0.25) is 0 Å². The summed E-state index contributed by atoms with van der Waals surface area (Å²) in [5.74, 6) is 0. The van der Waals surface area contributed by atoms with Crippen LogP contribution in [0.5, 0.6) is 0 Å². The van der Waals surface area contributed by atoms with E-state index in [-0.39, 0.29) is 0 Å². The molecule has 4 aromatic rings. The molecule has 0 N–H and O–H groups in total. The van der Waals surface area contributed by atoms with Gasteiger partial charge in [-0.2, -0.15) is 0 Å².